The minimum Gasteiger partial charge on any atom is -0.339 e. The predicted molar refractivity (Wildman–Crippen MR) is 97.5 cm³/mol. The quantitative estimate of drug-likeness (QED) is 0.873. The van der Waals surface area contributed by atoms with Crippen LogP contribution >= 0.6 is 12.4 Å². The summed E-state index contributed by atoms with van der Waals surface area (Å²) in [7, 11) is 0. The normalized spacial score (nSPS) is 11.4. The number of carbonyl (C=O) groups excluding carboxylic acids is 1. The third-order valence-electron chi connectivity index (χ3n) is 3.98. The minimum atomic E-state index is -0.250. The van der Waals surface area contributed by atoms with Gasteiger partial charge in [-0.15, -0.1) is 12.4 Å². The van der Waals surface area contributed by atoms with Gasteiger partial charge in [0.15, 0.2) is 0 Å². The summed E-state index contributed by atoms with van der Waals surface area (Å²) in [5.74, 6) is 0.0992. The van der Waals surface area contributed by atoms with Crippen LogP contribution in [-0.4, -0.2) is 17.4 Å². The van der Waals surface area contributed by atoms with Crippen LogP contribution in [0.4, 0.5) is 0 Å². The second kappa shape index (κ2) is 9.33. The van der Waals surface area contributed by atoms with Crippen molar-refractivity contribution in [3.63, 3.8) is 0 Å². The Hall–Kier alpha value is -1.84. The van der Waals surface area contributed by atoms with E-state index >= 15 is 0 Å². The molecule has 0 fully saturated rings. The van der Waals surface area contributed by atoms with E-state index in [1.165, 1.54) is 11.1 Å². The lowest BCUT2D eigenvalue weighted by molar-refractivity contribution is -0.132. The maximum absolute atomic E-state index is 12.5. The lowest BCUT2D eigenvalue weighted by Gasteiger charge is -2.23. The molecular formula is C19H25ClN2O. The first-order chi connectivity index (χ1) is 10.6. The van der Waals surface area contributed by atoms with Crippen LogP contribution in [-0.2, 0) is 11.3 Å². The van der Waals surface area contributed by atoms with Crippen molar-refractivity contribution in [2.75, 3.05) is 6.54 Å². The maximum atomic E-state index is 12.5. The van der Waals surface area contributed by atoms with Gasteiger partial charge in [0.25, 0.3) is 0 Å². The van der Waals surface area contributed by atoms with E-state index in [-0.39, 0.29) is 24.4 Å². The van der Waals surface area contributed by atoms with Crippen LogP contribution in [0, 0.1) is 6.92 Å². The number of carbonyl (C=O) groups is 1. The van der Waals surface area contributed by atoms with Gasteiger partial charge in [-0.25, -0.2) is 0 Å². The molecule has 2 rings (SSSR count). The molecule has 0 aliphatic carbocycles. The Morgan fingerprint density at radius 2 is 1.70 bits per heavy atom. The van der Waals surface area contributed by atoms with Gasteiger partial charge in [-0.05, 0) is 30.5 Å². The van der Waals surface area contributed by atoms with Crippen molar-refractivity contribution in [3.8, 4) is 0 Å². The highest BCUT2D eigenvalue weighted by Crippen LogP contribution is 2.17. The number of halogens is 1. The van der Waals surface area contributed by atoms with Crippen LogP contribution in [0.2, 0.25) is 0 Å². The fourth-order valence-corrected chi connectivity index (χ4v) is 2.50. The molecule has 3 nitrogen and oxygen atoms in total. The van der Waals surface area contributed by atoms with Gasteiger partial charge in [0.05, 0.1) is 0 Å². The second-order valence-electron chi connectivity index (χ2n) is 5.56. The summed E-state index contributed by atoms with van der Waals surface area (Å²) >= 11 is 0. The average Bonchev–Trinajstić information content (AvgIpc) is 2.54. The van der Waals surface area contributed by atoms with Crippen LogP contribution in [0.5, 0.6) is 0 Å². The smallest absolute Gasteiger partial charge is 0.224 e. The third kappa shape index (κ3) is 5.38. The zero-order chi connectivity index (χ0) is 15.9. The molecular weight excluding hydrogens is 308 g/mol. The van der Waals surface area contributed by atoms with Crippen LogP contribution < -0.4 is 5.73 Å². The largest absolute Gasteiger partial charge is 0.339 e. The average molecular weight is 333 g/mol. The van der Waals surface area contributed by atoms with Gasteiger partial charge >= 0.3 is 0 Å². The van der Waals surface area contributed by atoms with Crippen LogP contribution in [0.15, 0.2) is 54.6 Å². The fourth-order valence-electron chi connectivity index (χ4n) is 2.50. The number of benzene rings is 2. The molecule has 0 saturated carbocycles. The SMILES string of the molecule is CCN(Cc1ccccc1C)C(=O)CC(N)c1ccccc1.Cl. The molecule has 0 aromatic heterocycles. The van der Waals surface area contributed by atoms with E-state index in [1.54, 1.807) is 0 Å². The van der Waals surface area contributed by atoms with Gasteiger partial charge in [-0.3, -0.25) is 4.79 Å². The van der Waals surface area contributed by atoms with Crippen molar-refractivity contribution in [2.45, 2.75) is 32.9 Å². The van der Waals surface area contributed by atoms with Crippen molar-refractivity contribution in [1.82, 2.24) is 4.90 Å². The summed E-state index contributed by atoms with van der Waals surface area (Å²) in [6.45, 7) is 5.41. The first-order valence-electron chi connectivity index (χ1n) is 7.74. The van der Waals surface area contributed by atoms with E-state index in [4.69, 9.17) is 5.73 Å². The van der Waals surface area contributed by atoms with Crippen LogP contribution in [0.25, 0.3) is 0 Å². The molecule has 1 amide bonds. The molecule has 0 aliphatic heterocycles. The van der Waals surface area contributed by atoms with Crippen LogP contribution in [0.1, 0.15) is 36.1 Å². The molecule has 23 heavy (non-hydrogen) atoms. The number of amides is 1. The highest BCUT2D eigenvalue weighted by atomic mass is 35.5. The Kier molecular flexibility index (Phi) is 7.79. The van der Waals surface area contributed by atoms with Gasteiger partial charge in [0.1, 0.15) is 0 Å². The van der Waals surface area contributed by atoms with Gasteiger partial charge in [0.2, 0.25) is 5.91 Å². The first kappa shape index (κ1) is 19.2. The third-order valence-corrected chi connectivity index (χ3v) is 3.98. The van der Waals surface area contributed by atoms with Gasteiger partial charge in [-0.2, -0.15) is 0 Å². The number of hydrogen-bond acceptors (Lipinski definition) is 2. The molecule has 0 spiro atoms. The van der Waals surface area contributed by atoms with E-state index in [2.05, 4.69) is 19.1 Å². The first-order valence-corrected chi connectivity index (χ1v) is 7.74. The lowest BCUT2D eigenvalue weighted by atomic mass is 10.0. The molecule has 0 radical (unpaired) electrons. The highest BCUT2D eigenvalue weighted by Gasteiger charge is 2.17. The standard InChI is InChI=1S/C19H24N2O.ClH/c1-3-21(14-17-12-8-7-9-15(17)2)19(22)13-18(20)16-10-5-4-6-11-16;/h4-12,18H,3,13-14,20H2,1-2H3;1H. The molecule has 4 heteroatoms. The Balaban J connectivity index is 0.00000264. The molecule has 2 aromatic rings. The fraction of sp³-hybridized carbons (Fsp3) is 0.316. The van der Waals surface area contributed by atoms with E-state index in [0.717, 1.165) is 5.56 Å². The van der Waals surface area contributed by atoms with E-state index in [9.17, 15) is 4.79 Å². The molecule has 2 aromatic carbocycles. The van der Waals surface area contributed by atoms with Crippen LogP contribution in [0.3, 0.4) is 0 Å². The Bertz CT molecular complexity index is 616. The van der Waals surface area contributed by atoms with Gasteiger partial charge < -0.3 is 10.6 Å². The van der Waals surface area contributed by atoms with E-state index in [0.29, 0.717) is 19.5 Å². The van der Waals surface area contributed by atoms with E-state index < -0.39 is 0 Å². The Morgan fingerprint density at radius 1 is 1.09 bits per heavy atom. The molecule has 0 aliphatic rings. The lowest BCUT2D eigenvalue weighted by Crippen LogP contribution is -2.33. The number of nitrogens with zero attached hydrogens (tertiary/aromatic N) is 1. The summed E-state index contributed by atoms with van der Waals surface area (Å²) in [6.07, 6.45) is 0.337. The molecule has 0 saturated heterocycles. The summed E-state index contributed by atoms with van der Waals surface area (Å²) in [5.41, 5.74) is 9.56. The number of aryl methyl sites for hydroxylation is 1. The number of rotatable bonds is 6. The van der Waals surface area contributed by atoms with E-state index in [1.807, 2.05) is 54.3 Å². The topological polar surface area (TPSA) is 46.3 Å². The Morgan fingerprint density at radius 3 is 2.30 bits per heavy atom. The van der Waals surface area contributed by atoms with Crippen molar-refractivity contribution in [3.05, 3.63) is 71.3 Å². The zero-order valence-corrected chi connectivity index (χ0v) is 14.6. The van der Waals surface area contributed by atoms with Crippen molar-refractivity contribution >= 4 is 18.3 Å². The maximum Gasteiger partial charge on any atom is 0.224 e. The summed E-state index contributed by atoms with van der Waals surface area (Å²) < 4.78 is 0. The molecule has 0 heterocycles. The molecule has 1 atom stereocenters. The molecule has 124 valence electrons. The summed E-state index contributed by atoms with van der Waals surface area (Å²) in [6, 6.07) is 17.7. The van der Waals surface area contributed by atoms with Crippen molar-refractivity contribution < 1.29 is 4.79 Å². The summed E-state index contributed by atoms with van der Waals surface area (Å²) in [4.78, 5) is 14.4. The molecule has 1 unspecified atom stereocenters. The van der Waals surface area contributed by atoms with Crippen molar-refractivity contribution in [2.24, 2.45) is 5.73 Å². The zero-order valence-electron chi connectivity index (χ0n) is 13.7. The molecule has 0 bridgehead atoms. The van der Waals surface area contributed by atoms with Gasteiger partial charge in [-0.1, -0.05) is 54.6 Å². The predicted octanol–water partition coefficient (Wildman–Crippen LogP) is 3.86. The Labute approximate surface area is 144 Å². The molecule has 2 N–H and O–H groups in total. The van der Waals surface area contributed by atoms with Gasteiger partial charge in [0, 0.05) is 25.6 Å². The minimum absolute atomic E-state index is 0. The monoisotopic (exact) mass is 332 g/mol. The number of nitrogens with two attached hydrogens (primary N) is 1. The second-order valence-corrected chi connectivity index (χ2v) is 5.56. The highest BCUT2D eigenvalue weighted by molar-refractivity contribution is 5.85. The number of hydrogen-bond donors (Lipinski definition) is 1. The van der Waals surface area contributed by atoms with Crippen molar-refractivity contribution in [1.29, 1.82) is 0 Å². The summed E-state index contributed by atoms with van der Waals surface area (Å²) in [5, 5.41) is 0.